The maximum Gasteiger partial charge on any atom is 0.304 e. The van der Waals surface area contributed by atoms with Gasteiger partial charge in [0.1, 0.15) is 5.82 Å². The molecule has 0 saturated heterocycles. The van der Waals surface area contributed by atoms with Crippen LogP contribution in [-0.4, -0.2) is 17.1 Å². The summed E-state index contributed by atoms with van der Waals surface area (Å²) in [6.45, 7) is 3.68. The summed E-state index contributed by atoms with van der Waals surface area (Å²) in [6.07, 6.45) is 0.0552. The van der Waals surface area contributed by atoms with Crippen molar-refractivity contribution in [2.24, 2.45) is 0 Å². The molecule has 16 heavy (non-hydrogen) atoms. The zero-order valence-corrected chi connectivity index (χ0v) is 9.40. The van der Waals surface area contributed by atoms with E-state index >= 15 is 0 Å². The van der Waals surface area contributed by atoms with E-state index in [0.717, 1.165) is 5.56 Å². The molecule has 0 amide bonds. The summed E-state index contributed by atoms with van der Waals surface area (Å²) in [7, 11) is 0. The van der Waals surface area contributed by atoms with E-state index in [0.29, 0.717) is 0 Å². The Kier molecular flexibility index (Phi) is 4.43. The van der Waals surface area contributed by atoms with Crippen LogP contribution in [0.3, 0.4) is 0 Å². The lowest BCUT2D eigenvalue weighted by atomic mass is 10.1. The van der Waals surface area contributed by atoms with Gasteiger partial charge >= 0.3 is 5.97 Å². The number of carboxylic acid groups (broad SMARTS) is 1. The van der Waals surface area contributed by atoms with Crippen molar-refractivity contribution in [3.63, 3.8) is 0 Å². The second kappa shape index (κ2) is 5.61. The standard InChI is InChI=1S/C12H16FNO2/c1-8(6-12(15)16)14-9(2)10-4-3-5-11(13)7-10/h3-5,7-9,14H,6H2,1-2H3,(H,15,16)/t8?,9-/m0/s1. The lowest BCUT2D eigenvalue weighted by Gasteiger charge is -2.19. The van der Waals surface area contributed by atoms with Gasteiger partial charge in [-0.3, -0.25) is 4.79 Å². The predicted molar refractivity (Wildman–Crippen MR) is 59.7 cm³/mol. The SMILES string of the molecule is CC(CC(=O)O)N[C@@H](C)c1cccc(F)c1. The second-order valence-corrected chi connectivity index (χ2v) is 3.94. The van der Waals surface area contributed by atoms with Crippen molar-refractivity contribution in [1.29, 1.82) is 0 Å². The molecular weight excluding hydrogens is 209 g/mol. The molecule has 0 radical (unpaired) electrons. The Balaban J connectivity index is 2.58. The topological polar surface area (TPSA) is 49.3 Å². The Morgan fingerprint density at radius 1 is 1.50 bits per heavy atom. The number of halogens is 1. The highest BCUT2D eigenvalue weighted by atomic mass is 19.1. The highest BCUT2D eigenvalue weighted by Crippen LogP contribution is 2.14. The quantitative estimate of drug-likeness (QED) is 0.808. The van der Waals surface area contributed by atoms with Crippen molar-refractivity contribution in [1.82, 2.24) is 5.32 Å². The second-order valence-electron chi connectivity index (χ2n) is 3.94. The van der Waals surface area contributed by atoms with Gasteiger partial charge in [0.15, 0.2) is 0 Å². The van der Waals surface area contributed by atoms with Crippen LogP contribution >= 0.6 is 0 Å². The summed E-state index contributed by atoms with van der Waals surface area (Å²) >= 11 is 0. The Bertz CT molecular complexity index is 368. The van der Waals surface area contributed by atoms with Gasteiger partial charge in [-0.25, -0.2) is 4.39 Å². The summed E-state index contributed by atoms with van der Waals surface area (Å²) in [4.78, 5) is 10.5. The van der Waals surface area contributed by atoms with Gasteiger partial charge < -0.3 is 10.4 Å². The van der Waals surface area contributed by atoms with Crippen LogP contribution in [0.15, 0.2) is 24.3 Å². The third-order valence-corrected chi connectivity index (χ3v) is 2.36. The van der Waals surface area contributed by atoms with Crippen LogP contribution in [0.1, 0.15) is 31.9 Å². The van der Waals surface area contributed by atoms with Crippen molar-refractivity contribution >= 4 is 5.97 Å². The van der Waals surface area contributed by atoms with Gasteiger partial charge in [-0.05, 0) is 31.5 Å². The van der Waals surface area contributed by atoms with Crippen LogP contribution in [0.5, 0.6) is 0 Å². The van der Waals surface area contributed by atoms with Gasteiger partial charge in [-0.2, -0.15) is 0 Å². The molecular formula is C12H16FNO2. The summed E-state index contributed by atoms with van der Waals surface area (Å²) in [6, 6.07) is 6.09. The Morgan fingerprint density at radius 3 is 2.75 bits per heavy atom. The van der Waals surface area contributed by atoms with Crippen LogP contribution < -0.4 is 5.32 Å². The van der Waals surface area contributed by atoms with E-state index in [4.69, 9.17) is 5.11 Å². The molecule has 0 aromatic heterocycles. The first-order valence-corrected chi connectivity index (χ1v) is 5.22. The van der Waals surface area contributed by atoms with E-state index in [1.54, 1.807) is 13.0 Å². The molecule has 2 N–H and O–H groups in total. The average Bonchev–Trinajstić information content (AvgIpc) is 2.16. The van der Waals surface area contributed by atoms with E-state index in [1.807, 2.05) is 13.0 Å². The van der Waals surface area contributed by atoms with Crippen molar-refractivity contribution in [3.05, 3.63) is 35.6 Å². The van der Waals surface area contributed by atoms with Crippen molar-refractivity contribution < 1.29 is 14.3 Å². The summed E-state index contributed by atoms with van der Waals surface area (Å²) in [5.74, 6) is -1.12. The van der Waals surface area contributed by atoms with Gasteiger partial charge in [0.05, 0.1) is 6.42 Å². The first-order chi connectivity index (χ1) is 7.49. The fourth-order valence-electron chi connectivity index (χ4n) is 1.62. The number of aliphatic carboxylic acids is 1. The number of carboxylic acids is 1. The molecule has 3 nitrogen and oxygen atoms in total. The molecule has 2 atom stereocenters. The van der Waals surface area contributed by atoms with Crippen LogP contribution in [0.25, 0.3) is 0 Å². The van der Waals surface area contributed by atoms with E-state index < -0.39 is 5.97 Å². The van der Waals surface area contributed by atoms with Crippen molar-refractivity contribution in [2.45, 2.75) is 32.4 Å². The number of hydrogen-bond acceptors (Lipinski definition) is 2. The third kappa shape index (κ3) is 3.98. The molecule has 0 aliphatic carbocycles. The van der Waals surface area contributed by atoms with E-state index in [9.17, 15) is 9.18 Å². The highest BCUT2D eigenvalue weighted by molar-refractivity contribution is 5.67. The molecule has 0 spiro atoms. The number of rotatable bonds is 5. The van der Waals surface area contributed by atoms with Crippen molar-refractivity contribution in [3.8, 4) is 0 Å². The number of benzene rings is 1. The Labute approximate surface area is 94.3 Å². The molecule has 1 unspecified atom stereocenters. The van der Waals surface area contributed by atoms with E-state index in [2.05, 4.69) is 5.32 Å². The molecule has 1 aromatic rings. The highest BCUT2D eigenvalue weighted by Gasteiger charge is 2.12. The lowest BCUT2D eigenvalue weighted by Crippen LogP contribution is -2.30. The van der Waals surface area contributed by atoms with Crippen LogP contribution in [0, 0.1) is 5.82 Å². The summed E-state index contributed by atoms with van der Waals surface area (Å²) in [5.41, 5.74) is 0.817. The molecule has 0 aliphatic rings. The third-order valence-electron chi connectivity index (χ3n) is 2.36. The molecule has 0 aliphatic heterocycles. The largest absolute Gasteiger partial charge is 0.481 e. The first kappa shape index (κ1) is 12.6. The van der Waals surface area contributed by atoms with E-state index in [1.165, 1.54) is 12.1 Å². The molecule has 0 heterocycles. The van der Waals surface area contributed by atoms with Crippen LogP contribution in [-0.2, 0) is 4.79 Å². The minimum Gasteiger partial charge on any atom is -0.481 e. The Morgan fingerprint density at radius 2 is 2.19 bits per heavy atom. The zero-order chi connectivity index (χ0) is 12.1. The van der Waals surface area contributed by atoms with Crippen LogP contribution in [0.4, 0.5) is 4.39 Å². The molecule has 1 aromatic carbocycles. The molecule has 88 valence electrons. The average molecular weight is 225 g/mol. The minimum atomic E-state index is -0.841. The number of nitrogens with one attached hydrogen (secondary N) is 1. The fraction of sp³-hybridized carbons (Fsp3) is 0.417. The molecule has 0 bridgehead atoms. The molecule has 4 heteroatoms. The van der Waals surface area contributed by atoms with Gasteiger partial charge in [0, 0.05) is 12.1 Å². The van der Waals surface area contributed by atoms with E-state index in [-0.39, 0.29) is 24.3 Å². The summed E-state index contributed by atoms with van der Waals surface area (Å²) in [5, 5.41) is 11.7. The maximum absolute atomic E-state index is 13.0. The predicted octanol–water partition coefficient (Wildman–Crippen LogP) is 2.34. The van der Waals surface area contributed by atoms with Gasteiger partial charge in [-0.1, -0.05) is 12.1 Å². The maximum atomic E-state index is 13.0. The first-order valence-electron chi connectivity index (χ1n) is 5.22. The number of carbonyl (C=O) groups is 1. The van der Waals surface area contributed by atoms with Gasteiger partial charge in [0.2, 0.25) is 0 Å². The minimum absolute atomic E-state index is 0.0552. The lowest BCUT2D eigenvalue weighted by molar-refractivity contribution is -0.137. The van der Waals surface area contributed by atoms with Gasteiger partial charge in [0.25, 0.3) is 0 Å². The molecule has 1 rings (SSSR count). The summed E-state index contributed by atoms with van der Waals surface area (Å²) < 4.78 is 13.0. The molecule has 0 saturated carbocycles. The Hall–Kier alpha value is -1.42. The zero-order valence-electron chi connectivity index (χ0n) is 9.40. The fourth-order valence-corrected chi connectivity index (χ4v) is 1.62. The normalized spacial score (nSPS) is 14.4. The number of hydrogen-bond donors (Lipinski definition) is 2. The van der Waals surface area contributed by atoms with Crippen molar-refractivity contribution in [2.75, 3.05) is 0 Å². The smallest absolute Gasteiger partial charge is 0.304 e. The monoisotopic (exact) mass is 225 g/mol. The van der Waals surface area contributed by atoms with Crippen LogP contribution in [0.2, 0.25) is 0 Å². The molecule has 0 fully saturated rings. The van der Waals surface area contributed by atoms with Gasteiger partial charge in [-0.15, -0.1) is 0 Å².